The quantitative estimate of drug-likeness (QED) is 0.340. The van der Waals surface area contributed by atoms with Crippen LogP contribution in [-0.2, 0) is 27.3 Å². The van der Waals surface area contributed by atoms with Gasteiger partial charge in [-0.05, 0) is 58.6 Å². The second-order valence-corrected chi connectivity index (χ2v) is 10.9. The number of amides is 1. The first kappa shape index (κ1) is 26.6. The number of nitrogens with two attached hydrogens (primary N) is 1. The number of aromatic hydroxyl groups is 1. The van der Waals surface area contributed by atoms with Crippen molar-refractivity contribution in [2.24, 2.45) is 17.6 Å². The summed E-state index contributed by atoms with van der Waals surface area (Å²) in [5, 5.41) is 45.3. The summed E-state index contributed by atoms with van der Waals surface area (Å²) in [5.41, 5.74) is 3.75. The number of anilines is 1. The van der Waals surface area contributed by atoms with Gasteiger partial charge in [0.25, 0.3) is 5.91 Å². The number of benzene rings is 1. The average molecular weight is 515 g/mol. The Bertz CT molecular complexity index is 1280. The molecule has 0 heterocycles. The summed E-state index contributed by atoms with van der Waals surface area (Å²) in [7, 11) is 10.5. The second-order valence-electron chi connectivity index (χ2n) is 10.9. The maximum absolute atomic E-state index is 13.9. The van der Waals surface area contributed by atoms with Crippen molar-refractivity contribution in [3.05, 3.63) is 39.7 Å². The fourth-order valence-electron chi connectivity index (χ4n) is 6.21. The molecule has 0 aliphatic heterocycles. The number of primary amides is 1. The van der Waals surface area contributed by atoms with Gasteiger partial charge in [0.15, 0.2) is 11.4 Å². The lowest BCUT2D eigenvalue weighted by atomic mass is 9.57. The van der Waals surface area contributed by atoms with Crippen LogP contribution in [0.3, 0.4) is 0 Å². The van der Waals surface area contributed by atoms with Gasteiger partial charge in [-0.1, -0.05) is 0 Å². The largest absolute Gasteiger partial charge is 0.508 e. The van der Waals surface area contributed by atoms with Gasteiger partial charge in [-0.3, -0.25) is 19.3 Å². The van der Waals surface area contributed by atoms with Crippen molar-refractivity contribution >= 4 is 28.9 Å². The lowest BCUT2D eigenvalue weighted by Crippen LogP contribution is -2.65. The van der Waals surface area contributed by atoms with Crippen molar-refractivity contribution in [2.45, 2.75) is 31.0 Å². The van der Waals surface area contributed by atoms with E-state index in [0.717, 1.165) is 5.69 Å². The normalized spacial score (nSPS) is 27.4. The highest BCUT2D eigenvalue weighted by molar-refractivity contribution is 6.24. The molecule has 200 valence electrons. The molecule has 1 amide bonds. The molecule has 0 radical (unpaired) electrons. The highest BCUT2D eigenvalue weighted by atomic mass is 16.3. The number of carbonyl (C=O) groups is 3. The van der Waals surface area contributed by atoms with Crippen molar-refractivity contribution in [1.29, 1.82) is 0 Å². The molecule has 4 rings (SSSR count). The van der Waals surface area contributed by atoms with Gasteiger partial charge in [0.05, 0.1) is 11.6 Å². The Kier molecular flexibility index (Phi) is 6.38. The van der Waals surface area contributed by atoms with Crippen LogP contribution >= 0.6 is 0 Å². The number of hydrogen-bond acceptors (Lipinski definition) is 10. The number of ketones is 2. The molecule has 11 nitrogen and oxygen atoms in total. The zero-order chi connectivity index (χ0) is 27.7. The Morgan fingerprint density at radius 1 is 1.11 bits per heavy atom. The van der Waals surface area contributed by atoms with Crippen molar-refractivity contribution in [2.75, 3.05) is 47.2 Å². The predicted molar refractivity (Wildman–Crippen MR) is 136 cm³/mol. The second kappa shape index (κ2) is 8.86. The summed E-state index contributed by atoms with van der Waals surface area (Å²) in [6, 6.07) is 0.732. The van der Waals surface area contributed by atoms with Crippen molar-refractivity contribution in [3.63, 3.8) is 0 Å². The molecule has 1 aromatic carbocycles. The van der Waals surface area contributed by atoms with Crippen LogP contribution in [0, 0.1) is 11.8 Å². The topological polar surface area (TPSA) is 168 Å². The van der Waals surface area contributed by atoms with Crippen LogP contribution in [0.2, 0.25) is 0 Å². The third-order valence-electron chi connectivity index (χ3n) is 7.74. The Balaban J connectivity index is 2.00. The molecule has 3 aliphatic carbocycles. The molecule has 0 saturated heterocycles. The van der Waals surface area contributed by atoms with Crippen molar-refractivity contribution in [1.82, 2.24) is 9.80 Å². The van der Waals surface area contributed by atoms with Crippen LogP contribution < -0.4 is 10.6 Å². The Morgan fingerprint density at radius 3 is 2.24 bits per heavy atom. The average Bonchev–Trinajstić information content (AvgIpc) is 2.77. The molecule has 0 aromatic heterocycles. The number of rotatable bonds is 5. The summed E-state index contributed by atoms with van der Waals surface area (Å²) in [4.78, 5) is 44.4. The standard InChI is InChI=1S/C26H34N4O7/c1-28(2)10-12-9-15(29(3)4)13-7-11-8-14-19(30(5)6)22(33)18(25(27)36)24(35)26(14,37)23(34)16(11)21(32)17(13)20(12)31/h9,11,14,19,31-32,35,37H,7-8,10H2,1-6H3,(H2,27,36)/t11-,14-,19+,26+/m1/s1. The third-order valence-corrected chi connectivity index (χ3v) is 7.74. The van der Waals surface area contributed by atoms with E-state index in [4.69, 9.17) is 5.73 Å². The first-order valence-electron chi connectivity index (χ1n) is 12.0. The minimum atomic E-state index is -2.65. The van der Waals surface area contributed by atoms with Crippen LogP contribution in [0.25, 0.3) is 5.76 Å². The zero-order valence-electron chi connectivity index (χ0n) is 21.9. The summed E-state index contributed by atoms with van der Waals surface area (Å²) in [6.45, 7) is 0.365. The van der Waals surface area contributed by atoms with E-state index in [1.165, 1.54) is 4.90 Å². The summed E-state index contributed by atoms with van der Waals surface area (Å²) < 4.78 is 0. The number of Topliss-reactive ketones (excluding diaryl/α,β-unsaturated/α-hetero) is 2. The van der Waals surface area contributed by atoms with E-state index in [1.54, 1.807) is 14.1 Å². The summed E-state index contributed by atoms with van der Waals surface area (Å²) >= 11 is 0. The molecular weight excluding hydrogens is 480 g/mol. The smallest absolute Gasteiger partial charge is 0.255 e. The van der Waals surface area contributed by atoms with Crippen molar-refractivity contribution < 1.29 is 34.8 Å². The van der Waals surface area contributed by atoms with Gasteiger partial charge in [0, 0.05) is 43.4 Å². The van der Waals surface area contributed by atoms with Gasteiger partial charge >= 0.3 is 0 Å². The Morgan fingerprint density at radius 2 is 1.73 bits per heavy atom. The number of nitrogens with zero attached hydrogens (tertiary/aromatic N) is 3. The molecule has 1 aromatic rings. The van der Waals surface area contributed by atoms with Gasteiger partial charge in [-0.15, -0.1) is 0 Å². The molecule has 6 N–H and O–H groups in total. The maximum Gasteiger partial charge on any atom is 0.255 e. The molecule has 3 aliphatic rings. The first-order chi connectivity index (χ1) is 17.1. The highest BCUT2D eigenvalue weighted by Gasteiger charge is 2.64. The number of carbonyl (C=O) groups excluding carboxylic acids is 3. The zero-order valence-corrected chi connectivity index (χ0v) is 21.9. The molecule has 1 saturated carbocycles. The van der Waals surface area contributed by atoms with E-state index in [1.807, 2.05) is 44.1 Å². The number of phenolic OH excluding ortho intramolecular Hbond substituents is 1. The van der Waals surface area contributed by atoms with E-state index in [2.05, 4.69) is 0 Å². The Labute approximate surface area is 215 Å². The van der Waals surface area contributed by atoms with E-state index < -0.39 is 58.0 Å². The minimum absolute atomic E-state index is 0.0544. The van der Waals surface area contributed by atoms with Gasteiger partial charge in [-0.2, -0.15) is 0 Å². The third kappa shape index (κ3) is 3.72. The van der Waals surface area contributed by atoms with E-state index in [9.17, 15) is 34.8 Å². The van der Waals surface area contributed by atoms with Crippen molar-refractivity contribution in [3.8, 4) is 5.75 Å². The van der Waals surface area contributed by atoms with E-state index in [0.29, 0.717) is 17.7 Å². The SMILES string of the molecule is CN(C)Cc1cc(N(C)C)c2c(c1O)C(O)=C1C(=O)[C@]3(O)C(O)=C(C(N)=O)C(=O)[C@@H](N(C)C)[C@H]3C[C@H]1C2. The molecule has 0 unspecified atom stereocenters. The van der Waals surface area contributed by atoms with Gasteiger partial charge in [0.1, 0.15) is 22.8 Å². The number of aliphatic hydroxyl groups is 3. The molecule has 4 atom stereocenters. The molecule has 0 bridgehead atoms. The fraction of sp³-hybridized carbons (Fsp3) is 0.500. The summed E-state index contributed by atoms with van der Waals surface area (Å²) in [5.74, 6) is -6.52. The van der Waals surface area contributed by atoms with Crippen LogP contribution in [0.4, 0.5) is 5.69 Å². The van der Waals surface area contributed by atoms with Crippen LogP contribution in [0.1, 0.15) is 23.1 Å². The fourth-order valence-corrected chi connectivity index (χ4v) is 6.21. The number of phenols is 1. The molecule has 37 heavy (non-hydrogen) atoms. The number of likely N-dealkylation sites (N-methyl/N-ethyl adjacent to an activating group) is 1. The molecule has 1 fully saturated rings. The number of fused-ring (bicyclic) bond motifs is 3. The monoisotopic (exact) mass is 514 g/mol. The van der Waals surface area contributed by atoms with Gasteiger partial charge in [-0.25, -0.2) is 0 Å². The first-order valence-corrected chi connectivity index (χ1v) is 12.0. The molecular formula is C26H34N4O7. The number of aliphatic hydroxyl groups excluding tert-OH is 2. The van der Waals surface area contributed by atoms with E-state index in [-0.39, 0.29) is 29.7 Å². The predicted octanol–water partition coefficient (Wildman–Crippen LogP) is 0.0916. The lowest BCUT2D eigenvalue weighted by molar-refractivity contribution is -0.153. The molecule has 11 heteroatoms. The number of hydrogen-bond donors (Lipinski definition) is 5. The van der Waals surface area contributed by atoms with Gasteiger partial charge in [0.2, 0.25) is 5.78 Å². The van der Waals surface area contributed by atoms with Crippen LogP contribution in [0.15, 0.2) is 23.0 Å². The lowest BCUT2D eigenvalue weighted by Gasteiger charge is -2.50. The Hall–Kier alpha value is -3.41. The molecule has 0 spiro atoms. The highest BCUT2D eigenvalue weighted by Crippen LogP contribution is 2.54. The summed E-state index contributed by atoms with van der Waals surface area (Å²) in [6.07, 6.45) is 0.302. The maximum atomic E-state index is 13.9. The minimum Gasteiger partial charge on any atom is -0.508 e. The van der Waals surface area contributed by atoms with Gasteiger partial charge < -0.3 is 36.0 Å². The van der Waals surface area contributed by atoms with Crippen LogP contribution in [0.5, 0.6) is 5.75 Å². The van der Waals surface area contributed by atoms with E-state index >= 15 is 0 Å². The van der Waals surface area contributed by atoms with Crippen LogP contribution in [-0.4, -0.2) is 102 Å².